The molecule has 13 heavy (non-hydrogen) atoms. The van der Waals surface area contributed by atoms with Crippen LogP contribution >= 0.6 is 0 Å². The number of nitrogens with two attached hydrogens (primary N) is 1. The molecule has 72 valence electrons. The Morgan fingerprint density at radius 3 is 2.38 bits per heavy atom. The van der Waals surface area contributed by atoms with Gasteiger partial charge < -0.3 is 15.9 Å². The lowest BCUT2D eigenvalue weighted by atomic mass is 9.88. The van der Waals surface area contributed by atoms with E-state index >= 15 is 0 Å². The average molecular weight is 185 g/mol. The predicted molar refractivity (Wildman–Crippen MR) is 44.1 cm³/mol. The Balaban J connectivity index is 2.92. The molecule has 2 unspecified atom stereocenters. The highest BCUT2D eigenvalue weighted by atomic mass is 16.4. The molecule has 1 aliphatic rings. The van der Waals surface area contributed by atoms with Gasteiger partial charge in [-0.15, -0.1) is 0 Å². The summed E-state index contributed by atoms with van der Waals surface area (Å²) in [7, 11) is 0. The zero-order valence-electron chi connectivity index (χ0n) is 7.15. The van der Waals surface area contributed by atoms with Crippen LogP contribution in [0.2, 0.25) is 0 Å². The highest BCUT2D eigenvalue weighted by molar-refractivity contribution is 5.91. The van der Waals surface area contributed by atoms with E-state index < -0.39 is 23.4 Å². The molecule has 1 aliphatic carbocycles. The molecular weight excluding hydrogens is 174 g/mol. The standard InChI is InChI=1S/C8H11NO4/c1-4-2-5(6(10)11)3-8(4,9)7(12)13/h2,4H,3,9H2,1H3,(H,10,11)(H,12,13). The van der Waals surface area contributed by atoms with Crippen LogP contribution in [0, 0.1) is 5.92 Å². The van der Waals surface area contributed by atoms with Gasteiger partial charge >= 0.3 is 11.9 Å². The summed E-state index contributed by atoms with van der Waals surface area (Å²) in [4.78, 5) is 21.3. The van der Waals surface area contributed by atoms with E-state index in [0.29, 0.717) is 0 Å². The number of aliphatic carboxylic acids is 2. The van der Waals surface area contributed by atoms with Crippen molar-refractivity contribution in [1.82, 2.24) is 0 Å². The highest BCUT2D eigenvalue weighted by Crippen LogP contribution is 2.32. The second-order valence-corrected chi connectivity index (χ2v) is 3.31. The minimum Gasteiger partial charge on any atom is -0.480 e. The Labute approximate surface area is 74.8 Å². The molecule has 0 fully saturated rings. The van der Waals surface area contributed by atoms with Crippen molar-refractivity contribution in [1.29, 1.82) is 0 Å². The first-order valence-corrected chi connectivity index (χ1v) is 3.84. The summed E-state index contributed by atoms with van der Waals surface area (Å²) in [6.07, 6.45) is 1.29. The first-order valence-electron chi connectivity index (χ1n) is 3.84. The van der Waals surface area contributed by atoms with E-state index in [4.69, 9.17) is 15.9 Å². The molecule has 4 N–H and O–H groups in total. The van der Waals surface area contributed by atoms with E-state index in [1.807, 2.05) is 0 Å². The fourth-order valence-corrected chi connectivity index (χ4v) is 1.40. The molecular formula is C8H11NO4. The normalized spacial score (nSPS) is 32.8. The summed E-state index contributed by atoms with van der Waals surface area (Å²) in [6.45, 7) is 1.60. The molecule has 0 amide bonds. The highest BCUT2D eigenvalue weighted by Gasteiger charge is 2.45. The van der Waals surface area contributed by atoms with Gasteiger partial charge in [-0.1, -0.05) is 13.0 Å². The fourth-order valence-electron chi connectivity index (χ4n) is 1.40. The Kier molecular flexibility index (Phi) is 2.13. The van der Waals surface area contributed by atoms with E-state index in [-0.39, 0.29) is 12.0 Å². The summed E-state index contributed by atoms with van der Waals surface area (Å²) < 4.78 is 0. The minimum atomic E-state index is -1.45. The fraction of sp³-hybridized carbons (Fsp3) is 0.500. The Bertz CT molecular complexity index is 297. The second-order valence-electron chi connectivity index (χ2n) is 3.31. The smallest absolute Gasteiger partial charge is 0.331 e. The SMILES string of the molecule is CC1C=C(C(=O)O)CC1(N)C(=O)O. The lowest BCUT2D eigenvalue weighted by Gasteiger charge is -2.23. The van der Waals surface area contributed by atoms with Crippen LogP contribution in [0.4, 0.5) is 0 Å². The van der Waals surface area contributed by atoms with Crippen LogP contribution in [0.3, 0.4) is 0 Å². The number of carboxylic acids is 2. The number of carboxylic acid groups (broad SMARTS) is 2. The molecule has 0 aliphatic heterocycles. The van der Waals surface area contributed by atoms with Crippen LogP contribution in [0.25, 0.3) is 0 Å². The molecule has 0 spiro atoms. The van der Waals surface area contributed by atoms with Gasteiger partial charge in [0.15, 0.2) is 0 Å². The van der Waals surface area contributed by atoms with E-state index in [0.717, 1.165) is 0 Å². The van der Waals surface area contributed by atoms with Gasteiger partial charge in [0.2, 0.25) is 0 Å². The van der Waals surface area contributed by atoms with Crippen molar-refractivity contribution in [3.05, 3.63) is 11.6 Å². The van der Waals surface area contributed by atoms with Gasteiger partial charge in [0.05, 0.1) is 0 Å². The first-order chi connectivity index (χ1) is 5.88. The summed E-state index contributed by atoms with van der Waals surface area (Å²) in [5.41, 5.74) is 4.19. The predicted octanol–water partition coefficient (Wildman–Crippen LogP) is -0.181. The molecule has 0 heterocycles. The van der Waals surface area contributed by atoms with Crippen molar-refractivity contribution in [2.75, 3.05) is 0 Å². The van der Waals surface area contributed by atoms with Crippen LogP contribution < -0.4 is 5.73 Å². The molecule has 0 saturated carbocycles. The Hall–Kier alpha value is -1.36. The molecule has 5 nitrogen and oxygen atoms in total. The second kappa shape index (κ2) is 2.85. The van der Waals surface area contributed by atoms with Crippen molar-refractivity contribution in [3.8, 4) is 0 Å². The largest absolute Gasteiger partial charge is 0.480 e. The summed E-state index contributed by atoms with van der Waals surface area (Å²) in [5.74, 6) is -2.70. The van der Waals surface area contributed by atoms with Crippen LogP contribution in [-0.4, -0.2) is 27.7 Å². The van der Waals surface area contributed by atoms with E-state index in [1.165, 1.54) is 6.08 Å². The number of carbonyl (C=O) groups is 2. The molecule has 0 saturated heterocycles. The third-order valence-corrected chi connectivity index (χ3v) is 2.42. The monoisotopic (exact) mass is 185 g/mol. The minimum absolute atomic E-state index is 0.0809. The summed E-state index contributed by atoms with van der Waals surface area (Å²) in [6, 6.07) is 0. The number of hydrogen-bond acceptors (Lipinski definition) is 3. The maximum Gasteiger partial charge on any atom is 0.331 e. The molecule has 0 bridgehead atoms. The maximum atomic E-state index is 10.8. The quantitative estimate of drug-likeness (QED) is 0.554. The van der Waals surface area contributed by atoms with Gasteiger partial charge in [0.25, 0.3) is 0 Å². The molecule has 0 aromatic carbocycles. The lowest BCUT2D eigenvalue weighted by Crippen LogP contribution is -2.50. The van der Waals surface area contributed by atoms with Gasteiger partial charge in [0.1, 0.15) is 5.54 Å². The molecule has 5 heteroatoms. The molecule has 0 aromatic heterocycles. The van der Waals surface area contributed by atoms with Crippen LogP contribution in [0.5, 0.6) is 0 Å². The van der Waals surface area contributed by atoms with Gasteiger partial charge in [0, 0.05) is 17.9 Å². The van der Waals surface area contributed by atoms with Crippen molar-refractivity contribution in [2.24, 2.45) is 11.7 Å². The summed E-state index contributed by atoms with van der Waals surface area (Å²) in [5, 5.41) is 17.4. The Morgan fingerprint density at radius 1 is 1.62 bits per heavy atom. The van der Waals surface area contributed by atoms with E-state index in [2.05, 4.69) is 0 Å². The average Bonchev–Trinajstić information content (AvgIpc) is 2.30. The van der Waals surface area contributed by atoms with Gasteiger partial charge in [-0.05, 0) is 0 Å². The molecule has 0 radical (unpaired) electrons. The third kappa shape index (κ3) is 1.42. The number of hydrogen-bond donors (Lipinski definition) is 3. The van der Waals surface area contributed by atoms with Crippen molar-refractivity contribution in [2.45, 2.75) is 18.9 Å². The zero-order valence-corrected chi connectivity index (χ0v) is 7.15. The zero-order chi connectivity index (χ0) is 10.2. The third-order valence-electron chi connectivity index (χ3n) is 2.42. The van der Waals surface area contributed by atoms with Crippen molar-refractivity contribution in [3.63, 3.8) is 0 Å². The van der Waals surface area contributed by atoms with Crippen molar-refractivity contribution < 1.29 is 19.8 Å². The van der Waals surface area contributed by atoms with E-state index in [9.17, 15) is 9.59 Å². The maximum absolute atomic E-state index is 10.8. The van der Waals surface area contributed by atoms with Crippen molar-refractivity contribution >= 4 is 11.9 Å². The van der Waals surface area contributed by atoms with Crippen LogP contribution in [-0.2, 0) is 9.59 Å². The van der Waals surface area contributed by atoms with E-state index in [1.54, 1.807) is 6.92 Å². The Morgan fingerprint density at radius 2 is 2.15 bits per heavy atom. The number of rotatable bonds is 2. The van der Waals surface area contributed by atoms with Gasteiger partial charge in [-0.2, -0.15) is 0 Å². The van der Waals surface area contributed by atoms with Crippen LogP contribution in [0.15, 0.2) is 11.6 Å². The lowest BCUT2D eigenvalue weighted by molar-refractivity contribution is -0.144. The topological polar surface area (TPSA) is 101 Å². The first kappa shape index (κ1) is 9.73. The molecule has 2 atom stereocenters. The van der Waals surface area contributed by atoms with Crippen LogP contribution in [0.1, 0.15) is 13.3 Å². The van der Waals surface area contributed by atoms with Gasteiger partial charge in [-0.3, -0.25) is 4.79 Å². The molecule has 1 rings (SSSR count). The van der Waals surface area contributed by atoms with Gasteiger partial charge in [-0.25, -0.2) is 4.79 Å². The molecule has 0 aromatic rings. The summed E-state index contributed by atoms with van der Waals surface area (Å²) >= 11 is 0.